The maximum Gasteiger partial charge on any atom is 0.309 e. The molecule has 0 unspecified atom stereocenters. The Bertz CT molecular complexity index is 530. The predicted molar refractivity (Wildman–Crippen MR) is 82.8 cm³/mol. The summed E-state index contributed by atoms with van der Waals surface area (Å²) in [5.41, 5.74) is 0.580. The third kappa shape index (κ3) is 4.08. The van der Waals surface area contributed by atoms with Crippen LogP contribution in [0.5, 0.6) is 0 Å². The van der Waals surface area contributed by atoms with Gasteiger partial charge in [0.1, 0.15) is 5.69 Å². The van der Waals surface area contributed by atoms with E-state index < -0.39 is 11.4 Å². The third-order valence-corrected chi connectivity index (χ3v) is 4.49. The molecular weight excluding hydrogens is 282 g/mol. The fourth-order valence-electron chi connectivity index (χ4n) is 2.76. The van der Waals surface area contributed by atoms with Crippen LogP contribution in [0.4, 0.5) is 0 Å². The van der Waals surface area contributed by atoms with E-state index in [0.29, 0.717) is 24.6 Å². The van der Waals surface area contributed by atoms with Crippen molar-refractivity contribution in [2.75, 3.05) is 6.54 Å². The van der Waals surface area contributed by atoms with Gasteiger partial charge < -0.3 is 10.4 Å². The van der Waals surface area contributed by atoms with Crippen molar-refractivity contribution in [2.24, 2.45) is 5.41 Å². The summed E-state index contributed by atoms with van der Waals surface area (Å²) in [6, 6.07) is 1.83. The topological polar surface area (TPSA) is 95.1 Å². The van der Waals surface area contributed by atoms with Crippen molar-refractivity contribution in [1.29, 1.82) is 0 Å². The summed E-state index contributed by atoms with van der Waals surface area (Å²) in [6.07, 6.45) is 6.43. The number of hydrogen-bond acceptors (Lipinski definition) is 3. The number of carbonyl (C=O) groups excluding carboxylic acids is 1. The van der Waals surface area contributed by atoms with E-state index in [1.54, 1.807) is 13.8 Å². The highest BCUT2D eigenvalue weighted by Gasteiger charge is 2.27. The van der Waals surface area contributed by atoms with Crippen LogP contribution in [0.2, 0.25) is 0 Å². The molecule has 1 heterocycles. The lowest BCUT2D eigenvalue weighted by atomic mass is 9.87. The molecule has 3 N–H and O–H groups in total. The van der Waals surface area contributed by atoms with Crippen LogP contribution in [0.3, 0.4) is 0 Å². The van der Waals surface area contributed by atoms with E-state index in [-0.39, 0.29) is 5.91 Å². The number of aromatic amines is 1. The number of nitrogens with zero attached hydrogens (tertiary/aromatic N) is 1. The first kappa shape index (κ1) is 16.5. The zero-order valence-electron chi connectivity index (χ0n) is 13.3. The number of carboxylic acids is 1. The molecule has 1 aromatic heterocycles. The van der Waals surface area contributed by atoms with Crippen molar-refractivity contribution in [3.63, 3.8) is 0 Å². The van der Waals surface area contributed by atoms with Gasteiger partial charge in [-0.3, -0.25) is 14.7 Å². The first-order valence-corrected chi connectivity index (χ1v) is 7.97. The fraction of sp³-hybridized carbons (Fsp3) is 0.688. The molecule has 1 amide bonds. The Morgan fingerprint density at radius 2 is 2.05 bits per heavy atom. The summed E-state index contributed by atoms with van der Waals surface area (Å²) < 4.78 is 0. The highest BCUT2D eigenvalue weighted by Crippen LogP contribution is 2.31. The second kappa shape index (κ2) is 6.94. The SMILES string of the molecule is CC(C)(CCNC(=O)c1cc(C2CCCCC2)[nH]n1)C(=O)O. The van der Waals surface area contributed by atoms with Crippen LogP contribution in [0.1, 0.15) is 74.5 Å². The molecule has 0 bridgehead atoms. The smallest absolute Gasteiger partial charge is 0.309 e. The van der Waals surface area contributed by atoms with Gasteiger partial charge in [0.2, 0.25) is 0 Å². The van der Waals surface area contributed by atoms with E-state index in [1.807, 2.05) is 6.07 Å². The zero-order valence-corrected chi connectivity index (χ0v) is 13.3. The maximum absolute atomic E-state index is 12.1. The van der Waals surface area contributed by atoms with Gasteiger partial charge in [-0.25, -0.2) is 0 Å². The van der Waals surface area contributed by atoms with Crippen molar-refractivity contribution < 1.29 is 14.7 Å². The predicted octanol–water partition coefficient (Wildman–Crippen LogP) is 2.69. The Hall–Kier alpha value is -1.85. The van der Waals surface area contributed by atoms with Crippen LogP contribution in [-0.4, -0.2) is 33.7 Å². The van der Waals surface area contributed by atoms with E-state index in [4.69, 9.17) is 5.11 Å². The summed E-state index contributed by atoms with van der Waals surface area (Å²) >= 11 is 0. The van der Waals surface area contributed by atoms with Crippen molar-refractivity contribution >= 4 is 11.9 Å². The zero-order chi connectivity index (χ0) is 16.2. The number of aromatic nitrogens is 2. The summed E-state index contributed by atoms with van der Waals surface area (Å²) in [4.78, 5) is 23.1. The number of aliphatic carboxylic acids is 1. The van der Waals surface area contributed by atoms with Gasteiger partial charge in [0.15, 0.2) is 0 Å². The second-order valence-electron chi connectivity index (χ2n) is 6.74. The van der Waals surface area contributed by atoms with Crippen LogP contribution in [0.25, 0.3) is 0 Å². The molecule has 0 spiro atoms. The molecule has 6 nitrogen and oxygen atoms in total. The van der Waals surface area contributed by atoms with Gasteiger partial charge in [0, 0.05) is 18.2 Å². The minimum Gasteiger partial charge on any atom is -0.481 e. The molecule has 2 rings (SSSR count). The lowest BCUT2D eigenvalue weighted by molar-refractivity contribution is -0.147. The molecular formula is C16H25N3O3. The lowest BCUT2D eigenvalue weighted by Crippen LogP contribution is -2.32. The van der Waals surface area contributed by atoms with Crippen LogP contribution in [0, 0.1) is 5.41 Å². The van der Waals surface area contributed by atoms with Gasteiger partial charge in [-0.15, -0.1) is 0 Å². The number of rotatable bonds is 6. The molecule has 1 aromatic rings. The van der Waals surface area contributed by atoms with Crippen LogP contribution >= 0.6 is 0 Å². The van der Waals surface area contributed by atoms with Crippen molar-refractivity contribution in [3.05, 3.63) is 17.5 Å². The molecule has 0 radical (unpaired) electrons. The Morgan fingerprint density at radius 1 is 1.36 bits per heavy atom. The maximum atomic E-state index is 12.1. The number of H-pyrrole nitrogens is 1. The van der Waals surface area contributed by atoms with Gasteiger partial charge >= 0.3 is 5.97 Å². The second-order valence-corrected chi connectivity index (χ2v) is 6.74. The minimum atomic E-state index is -0.860. The van der Waals surface area contributed by atoms with Crippen LogP contribution < -0.4 is 5.32 Å². The van der Waals surface area contributed by atoms with Gasteiger partial charge in [-0.1, -0.05) is 19.3 Å². The van der Waals surface area contributed by atoms with E-state index in [0.717, 1.165) is 18.5 Å². The largest absolute Gasteiger partial charge is 0.481 e. The lowest BCUT2D eigenvalue weighted by Gasteiger charge is -2.19. The normalized spacial score (nSPS) is 16.5. The summed E-state index contributed by atoms with van der Waals surface area (Å²) in [7, 11) is 0. The van der Waals surface area contributed by atoms with E-state index in [2.05, 4.69) is 15.5 Å². The molecule has 0 aliphatic heterocycles. The Labute approximate surface area is 130 Å². The van der Waals surface area contributed by atoms with Crippen molar-refractivity contribution in [1.82, 2.24) is 15.5 Å². The van der Waals surface area contributed by atoms with E-state index in [1.165, 1.54) is 19.3 Å². The minimum absolute atomic E-state index is 0.250. The summed E-state index contributed by atoms with van der Waals surface area (Å²) in [5, 5.41) is 18.8. The Morgan fingerprint density at radius 3 is 2.68 bits per heavy atom. The Kier molecular flexibility index (Phi) is 5.21. The molecule has 122 valence electrons. The van der Waals surface area contributed by atoms with Gasteiger partial charge in [0.25, 0.3) is 5.91 Å². The number of hydrogen-bond donors (Lipinski definition) is 3. The van der Waals surface area contributed by atoms with Crippen LogP contribution in [0.15, 0.2) is 6.07 Å². The molecule has 0 saturated heterocycles. The number of amides is 1. The van der Waals surface area contributed by atoms with Crippen molar-refractivity contribution in [2.45, 2.75) is 58.3 Å². The highest BCUT2D eigenvalue weighted by atomic mass is 16.4. The Balaban J connectivity index is 1.85. The molecule has 6 heteroatoms. The molecule has 0 atom stereocenters. The molecule has 1 aliphatic rings. The van der Waals surface area contributed by atoms with Gasteiger partial charge in [0.05, 0.1) is 5.41 Å². The molecule has 1 saturated carbocycles. The monoisotopic (exact) mass is 307 g/mol. The quantitative estimate of drug-likeness (QED) is 0.753. The average molecular weight is 307 g/mol. The van der Waals surface area contributed by atoms with Crippen molar-refractivity contribution in [3.8, 4) is 0 Å². The van der Waals surface area contributed by atoms with Gasteiger partial charge in [-0.05, 0) is 39.2 Å². The fourth-order valence-corrected chi connectivity index (χ4v) is 2.76. The third-order valence-electron chi connectivity index (χ3n) is 4.49. The molecule has 22 heavy (non-hydrogen) atoms. The number of carboxylic acid groups (broad SMARTS) is 1. The standard InChI is InChI=1S/C16H25N3O3/c1-16(2,15(21)22)8-9-17-14(20)13-10-12(18-19-13)11-6-4-3-5-7-11/h10-11H,3-9H2,1-2H3,(H,17,20)(H,18,19)(H,21,22). The summed E-state index contributed by atoms with van der Waals surface area (Å²) in [6.45, 7) is 3.62. The van der Waals surface area contributed by atoms with E-state index in [9.17, 15) is 9.59 Å². The number of carbonyl (C=O) groups is 2. The average Bonchev–Trinajstić information content (AvgIpc) is 2.97. The summed E-state index contributed by atoms with van der Waals surface area (Å²) in [5.74, 6) is -0.630. The molecule has 0 aromatic carbocycles. The van der Waals surface area contributed by atoms with Crippen LogP contribution in [-0.2, 0) is 4.79 Å². The first-order chi connectivity index (χ1) is 10.4. The molecule has 1 aliphatic carbocycles. The van der Waals surface area contributed by atoms with Gasteiger partial charge in [-0.2, -0.15) is 5.10 Å². The highest BCUT2D eigenvalue weighted by molar-refractivity contribution is 5.92. The van der Waals surface area contributed by atoms with E-state index >= 15 is 0 Å². The number of nitrogens with one attached hydrogen (secondary N) is 2. The molecule has 1 fully saturated rings. The first-order valence-electron chi connectivity index (χ1n) is 7.97.